The van der Waals surface area contributed by atoms with Crippen LogP contribution in [0.15, 0.2) is 24.3 Å². The minimum Gasteiger partial charge on any atom is -0.495 e. The van der Waals surface area contributed by atoms with E-state index in [2.05, 4.69) is 24.5 Å². The third-order valence-electron chi connectivity index (χ3n) is 4.61. The van der Waals surface area contributed by atoms with Crippen LogP contribution < -0.4 is 15.4 Å². The van der Waals surface area contributed by atoms with Gasteiger partial charge in [0.15, 0.2) is 0 Å². The Labute approximate surface area is 127 Å². The van der Waals surface area contributed by atoms with Crippen LogP contribution in [-0.4, -0.2) is 25.6 Å². The van der Waals surface area contributed by atoms with Gasteiger partial charge in [0.25, 0.3) is 0 Å². The first-order valence-electron chi connectivity index (χ1n) is 7.78. The molecular formula is C17H26N2O2. The van der Waals surface area contributed by atoms with Crippen LogP contribution in [0.1, 0.15) is 33.1 Å². The highest BCUT2D eigenvalue weighted by Crippen LogP contribution is 2.29. The van der Waals surface area contributed by atoms with Gasteiger partial charge < -0.3 is 15.4 Å². The summed E-state index contributed by atoms with van der Waals surface area (Å²) in [5.41, 5.74) is 0.719. The molecule has 4 nitrogen and oxygen atoms in total. The molecule has 1 saturated carbocycles. The van der Waals surface area contributed by atoms with Crippen LogP contribution in [0, 0.1) is 11.8 Å². The molecule has 1 amide bonds. The Kier molecular flexibility index (Phi) is 5.62. The first kappa shape index (κ1) is 15.8. The Balaban J connectivity index is 1.84. The van der Waals surface area contributed by atoms with E-state index in [1.54, 1.807) is 7.11 Å². The molecule has 0 aromatic heterocycles. The van der Waals surface area contributed by atoms with Crippen molar-refractivity contribution in [2.45, 2.75) is 39.2 Å². The molecule has 0 aliphatic heterocycles. The van der Waals surface area contributed by atoms with E-state index in [4.69, 9.17) is 4.74 Å². The highest BCUT2D eigenvalue weighted by Gasteiger charge is 2.26. The number of carbonyl (C=O) groups is 1. The van der Waals surface area contributed by atoms with E-state index in [0.29, 0.717) is 24.3 Å². The average molecular weight is 290 g/mol. The molecule has 21 heavy (non-hydrogen) atoms. The molecule has 4 heteroatoms. The second-order valence-electron chi connectivity index (χ2n) is 6.00. The van der Waals surface area contributed by atoms with Crippen LogP contribution in [0.4, 0.5) is 5.69 Å². The van der Waals surface area contributed by atoms with E-state index < -0.39 is 0 Å². The summed E-state index contributed by atoms with van der Waals surface area (Å²) < 4.78 is 5.24. The molecule has 1 aromatic carbocycles. The van der Waals surface area contributed by atoms with Gasteiger partial charge >= 0.3 is 0 Å². The number of anilines is 1. The zero-order valence-corrected chi connectivity index (χ0v) is 13.2. The fourth-order valence-corrected chi connectivity index (χ4v) is 3.04. The monoisotopic (exact) mass is 290 g/mol. The van der Waals surface area contributed by atoms with Gasteiger partial charge in [0, 0.05) is 6.04 Å². The predicted molar refractivity (Wildman–Crippen MR) is 85.6 cm³/mol. The molecule has 3 atom stereocenters. The molecule has 1 aliphatic carbocycles. The van der Waals surface area contributed by atoms with Crippen molar-refractivity contribution < 1.29 is 9.53 Å². The molecule has 116 valence electrons. The lowest BCUT2D eigenvalue weighted by molar-refractivity contribution is -0.115. The molecule has 2 N–H and O–H groups in total. The van der Waals surface area contributed by atoms with Gasteiger partial charge in [-0.2, -0.15) is 0 Å². The standard InChI is InChI=1S/C17H26N2O2/c1-12-7-6-9-14(13(12)2)18-11-17(20)19-15-8-4-5-10-16(15)21-3/h4-5,8,10,12-14,18H,6-7,9,11H2,1-3H3,(H,19,20). The van der Waals surface area contributed by atoms with Crippen molar-refractivity contribution in [2.24, 2.45) is 11.8 Å². The number of nitrogens with one attached hydrogen (secondary N) is 2. The molecule has 3 unspecified atom stereocenters. The molecule has 0 bridgehead atoms. The Hall–Kier alpha value is -1.55. The van der Waals surface area contributed by atoms with Crippen LogP contribution in [0.2, 0.25) is 0 Å². The third-order valence-corrected chi connectivity index (χ3v) is 4.61. The number of methoxy groups -OCH3 is 1. The highest BCUT2D eigenvalue weighted by molar-refractivity contribution is 5.93. The lowest BCUT2D eigenvalue weighted by Gasteiger charge is -2.34. The van der Waals surface area contributed by atoms with Gasteiger partial charge in [-0.25, -0.2) is 0 Å². The number of hydrogen-bond acceptors (Lipinski definition) is 3. The van der Waals surface area contributed by atoms with Gasteiger partial charge in [-0.05, 0) is 30.4 Å². The summed E-state index contributed by atoms with van der Waals surface area (Å²) in [5, 5.41) is 6.31. The minimum absolute atomic E-state index is 0.0232. The number of rotatable bonds is 5. The van der Waals surface area contributed by atoms with Crippen LogP contribution in [0.5, 0.6) is 5.75 Å². The summed E-state index contributed by atoms with van der Waals surface area (Å²) in [5.74, 6) is 2.02. The first-order valence-corrected chi connectivity index (χ1v) is 7.78. The summed E-state index contributed by atoms with van der Waals surface area (Å²) in [6, 6.07) is 7.90. The maximum atomic E-state index is 12.1. The molecule has 1 fully saturated rings. The molecule has 2 rings (SSSR count). The maximum absolute atomic E-state index is 12.1. The maximum Gasteiger partial charge on any atom is 0.238 e. The molecule has 0 spiro atoms. The topological polar surface area (TPSA) is 50.4 Å². The summed E-state index contributed by atoms with van der Waals surface area (Å²) in [4.78, 5) is 12.1. The van der Waals surface area contributed by atoms with E-state index in [-0.39, 0.29) is 5.91 Å². The summed E-state index contributed by atoms with van der Waals surface area (Å²) in [7, 11) is 1.61. The largest absolute Gasteiger partial charge is 0.495 e. The highest BCUT2D eigenvalue weighted by atomic mass is 16.5. The van der Waals surface area contributed by atoms with Crippen molar-refractivity contribution in [3.63, 3.8) is 0 Å². The van der Waals surface area contributed by atoms with Gasteiger partial charge in [-0.15, -0.1) is 0 Å². The van der Waals surface area contributed by atoms with Crippen molar-refractivity contribution in [1.29, 1.82) is 0 Å². The van der Waals surface area contributed by atoms with Crippen LogP contribution in [0.25, 0.3) is 0 Å². The van der Waals surface area contributed by atoms with Crippen LogP contribution >= 0.6 is 0 Å². The summed E-state index contributed by atoms with van der Waals surface area (Å²) in [6.45, 7) is 4.92. The Morgan fingerprint density at radius 3 is 2.81 bits per heavy atom. The Morgan fingerprint density at radius 2 is 2.05 bits per heavy atom. The molecule has 0 radical (unpaired) electrons. The van der Waals surface area contributed by atoms with E-state index in [1.165, 1.54) is 12.8 Å². The number of benzene rings is 1. The molecule has 0 saturated heterocycles. The fourth-order valence-electron chi connectivity index (χ4n) is 3.04. The van der Waals surface area contributed by atoms with Gasteiger partial charge in [-0.1, -0.05) is 38.8 Å². The number of hydrogen-bond donors (Lipinski definition) is 2. The molecule has 1 aliphatic rings. The Bertz CT molecular complexity index is 476. The number of ether oxygens (including phenoxy) is 1. The number of para-hydroxylation sites is 2. The van der Waals surface area contributed by atoms with Gasteiger partial charge in [0.1, 0.15) is 5.75 Å². The zero-order chi connectivity index (χ0) is 15.2. The Morgan fingerprint density at radius 1 is 1.29 bits per heavy atom. The van der Waals surface area contributed by atoms with Crippen LogP contribution in [-0.2, 0) is 4.79 Å². The first-order chi connectivity index (χ1) is 10.1. The van der Waals surface area contributed by atoms with Crippen molar-refractivity contribution in [3.8, 4) is 5.75 Å². The second-order valence-corrected chi connectivity index (χ2v) is 6.00. The van der Waals surface area contributed by atoms with Gasteiger partial charge in [0.05, 0.1) is 19.3 Å². The van der Waals surface area contributed by atoms with Gasteiger partial charge in [0.2, 0.25) is 5.91 Å². The lowest BCUT2D eigenvalue weighted by atomic mass is 9.78. The van der Waals surface area contributed by atoms with E-state index in [0.717, 1.165) is 18.0 Å². The van der Waals surface area contributed by atoms with Crippen LogP contribution in [0.3, 0.4) is 0 Å². The molecular weight excluding hydrogens is 264 g/mol. The number of amides is 1. The normalized spacial score (nSPS) is 25.4. The lowest BCUT2D eigenvalue weighted by Crippen LogP contribution is -2.43. The fraction of sp³-hybridized carbons (Fsp3) is 0.588. The summed E-state index contributed by atoms with van der Waals surface area (Å²) in [6.07, 6.45) is 3.71. The third kappa shape index (κ3) is 4.21. The molecule has 1 aromatic rings. The van der Waals surface area contributed by atoms with Crippen molar-refractivity contribution in [2.75, 3.05) is 19.0 Å². The smallest absolute Gasteiger partial charge is 0.238 e. The van der Waals surface area contributed by atoms with Crippen molar-refractivity contribution >= 4 is 11.6 Å². The second kappa shape index (κ2) is 7.46. The molecule has 0 heterocycles. The quantitative estimate of drug-likeness (QED) is 0.876. The minimum atomic E-state index is -0.0232. The predicted octanol–water partition coefficient (Wildman–Crippen LogP) is 3.05. The SMILES string of the molecule is COc1ccccc1NC(=O)CNC1CCCC(C)C1C. The van der Waals surface area contributed by atoms with Crippen molar-refractivity contribution in [1.82, 2.24) is 5.32 Å². The van der Waals surface area contributed by atoms with Gasteiger partial charge in [-0.3, -0.25) is 4.79 Å². The average Bonchev–Trinajstić information content (AvgIpc) is 2.49. The summed E-state index contributed by atoms with van der Waals surface area (Å²) >= 11 is 0. The van der Waals surface area contributed by atoms with E-state index in [1.807, 2.05) is 24.3 Å². The number of carbonyl (C=O) groups excluding carboxylic acids is 1. The zero-order valence-electron chi connectivity index (χ0n) is 13.2. The van der Waals surface area contributed by atoms with E-state index in [9.17, 15) is 4.79 Å². The van der Waals surface area contributed by atoms with Crippen molar-refractivity contribution in [3.05, 3.63) is 24.3 Å². The van der Waals surface area contributed by atoms with E-state index >= 15 is 0 Å².